The van der Waals surface area contributed by atoms with Crippen molar-refractivity contribution in [3.05, 3.63) is 0 Å². The first-order chi connectivity index (χ1) is 8.17. The molecule has 0 bridgehead atoms. The van der Waals surface area contributed by atoms with E-state index in [-0.39, 0.29) is 36.8 Å². The van der Waals surface area contributed by atoms with E-state index in [2.05, 4.69) is 5.32 Å². The summed E-state index contributed by atoms with van der Waals surface area (Å²) in [4.78, 5) is 22.2. The highest BCUT2D eigenvalue weighted by atomic mass is 16.4. The quantitative estimate of drug-likeness (QED) is 0.512. The number of carbonyl (C=O) groups excluding carboxylic acids is 1. The van der Waals surface area contributed by atoms with E-state index in [1.807, 2.05) is 20.8 Å². The third kappa shape index (κ3) is 7.24. The second kappa shape index (κ2) is 7.33. The van der Waals surface area contributed by atoms with E-state index >= 15 is 0 Å². The van der Waals surface area contributed by atoms with E-state index in [0.717, 1.165) is 0 Å². The molecule has 5 N–H and O–H groups in total. The Labute approximate surface area is 108 Å². The van der Waals surface area contributed by atoms with Crippen molar-refractivity contribution in [2.75, 3.05) is 13.1 Å². The van der Waals surface area contributed by atoms with Crippen LogP contribution in [-0.4, -0.2) is 41.3 Å². The van der Waals surface area contributed by atoms with E-state index in [9.17, 15) is 9.59 Å². The van der Waals surface area contributed by atoms with Crippen LogP contribution in [-0.2, 0) is 9.59 Å². The van der Waals surface area contributed by atoms with Crippen LogP contribution in [0.5, 0.6) is 0 Å². The number of aliphatic hydroxyl groups is 1. The fourth-order valence-corrected chi connectivity index (χ4v) is 1.62. The fourth-order valence-electron chi connectivity index (χ4n) is 1.62. The summed E-state index contributed by atoms with van der Waals surface area (Å²) in [5.74, 6) is -1.76. The van der Waals surface area contributed by atoms with Crippen LogP contribution in [0.1, 0.15) is 33.6 Å². The first-order valence-corrected chi connectivity index (χ1v) is 6.06. The summed E-state index contributed by atoms with van der Waals surface area (Å²) >= 11 is 0. The summed E-state index contributed by atoms with van der Waals surface area (Å²) in [6.45, 7) is 6.46. The lowest BCUT2D eigenvalue weighted by atomic mass is 9.84. The number of amides is 1. The second-order valence-electron chi connectivity index (χ2n) is 5.63. The summed E-state index contributed by atoms with van der Waals surface area (Å²) in [5, 5.41) is 20.1. The van der Waals surface area contributed by atoms with Crippen molar-refractivity contribution in [2.45, 2.75) is 39.7 Å². The zero-order valence-electron chi connectivity index (χ0n) is 11.3. The predicted octanol–water partition coefficient (Wildman–Crippen LogP) is -0.0507. The van der Waals surface area contributed by atoms with Gasteiger partial charge in [0.25, 0.3) is 0 Å². The first kappa shape index (κ1) is 16.9. The molecule has 6 nitrogen and oxygen atoms in total. The van der Waals surface area contributed by atoms with Crippen molar-refractivity contribution in [1.29, 1.82) is 0 Å². The number of nitrogens with two attached hydrogens (primary N) is 1. The molecule has 0 heterocycles. The maximum Gasteiger partial charge on any atom is 0.332 e. The molecule has 0 fully saturated rings. The number of hydrogen-bond donors (Lipinski definition) is 4. The highest BCUT2D eigenvalue weighted by Crippen LogP contribution is 2.23. The van der Waals surface area contributed by atoms with Crippen LogP contribution in [0.25, 0.3) is 0 Å². The van der Waals surface area contributed by atoms with Crippen LogP contribution in [0.15, 0.2) is 0 Å². The summed E-state index contributed by atoms with van der Waals surface area (Å²) in [7, 11) is 0. The lowest BCUT2D eigenvalue weighted by Crippen LogP contribution is -2.38. The number of rotatable bonds is 7. The van der Waals surface area contributed by atoms with Crippen LogP contribution in [0.4, 0.5) is 0 Å². The highest BCUT2D eigenvalue weighted by Gasteiger charge is 2.23. The number of carbonyl (C=O) groups is 2. The number of carboxylic acids is 1. The van der Waals surface area contributed by atoms with Gasteiger partial charge in [0.1, 0.15) is 0 Å². The van der Waals surface area contributed by atoms with Gasteiger partial charge in [0, 0.05) is 19.5 Å². The molecule has 0 radical (unpaired) electrons. The molecule has 0 aliphatic heterocycles. The molecule has 0 saturated carbocycles. The third-order valence-corrected chi connectivity index (χ3v) is 2.52. The van der Waals surface area contributed by atoms with Gasteiger partial charge in [0.15, 0.2) is 6.10 Å². The third-order valence-electron chi connectivity index (χ3n) is 2.52. The molecule has 1 amide bonds. The van der Waals surface area contributed by atoms with E-state index < -0.39 is 12.1 Å². The number of nitrogens with one attached hydrogen (secondary N) is 1. The van der Waals surface area contributed by atoms with Gasteiger partial charge in [0.05, 0.1) is 5.92 Å². The normalized spacial score (nSPS) is 14.9. The van der Waals surface area contributed by atoms with Crippen LogP contribution >= 0.6 is 0 Å². The Hall–Kier alpha value is -1.14. The minimum atomic E-state index is -1.44. The molecule has 0 aromatic carbocycles. The molecular formula is C12H24N2O4. The van der Waals surface area contributed by atoms with Gasteiger partial charge in [-0.25, -0.2) is 4.79 Å². The van der Waals surface area contributed by atoms with Gasteiger partial charge < -0.3 is 21.3 Å². The summed E-state index contributed by atoms with van der Waals surface area (Å²) in [5.41, 5.74) is 5.56. The van der Waals surface area contributed by atoms with E-state index in [1.165, 1.54) is 0 Å². The molecule has 0 aliphatic rings. The van der Waals surface area contributed by atoms with Gasteiger partial charge in [-0.2, -0.15) is 0 Å². The van der Waals surface area contributed by atoms with Gasteiger partial charge in [-0.3, -0.25) is 4.79 Å². The van der Waals surface area contributed by atoms with Gasteiger partial charge in [-0.05, 0) is 11.8 Å². The van der Waals surface area contributed by atoms with Crippen LogP contribution in [0, 0.1) is 11.3 Å². The van der Waals surface area contributed by atoms with Crippen molar-refractivity contribution >= 4 is 11.9 Å². The van der Waals surface area contributed by atoms with E-state index in [0.29, 0.717) is 6.42 Å². The molecule has 0 saturated heterocycles. The monoisotopic (exact) mass is 260 g/mol. The highest BCUT2D eigenvalue weighted by molar-refractivity contribution is 5.79. The van der Waals surface area contributed by atoms with Crippen LogP contribution in [0.2, 0.25) is 0 Å². The van der Waals surface area contributed by atoms with Crippen molar-refractivity contribution in [3.8, 4) is 0 Å². The fraction of sp³-hybridized carbons (Fsp3) is 0.833. The van der Waals surface area contributed by atoms with Gasteiger partial charge in [0.2, 0.25) is 5.91 Å². The molecule has 106 valence electrons. The average Bonchev–Trinajstić information content (AvgIpc) is 2.23. The molecule has 0 aliphatic carbocycles. The lowest BCUT2D eigenvalue weighted by Gasteiger charge is -2.24. The zero-order valence-corrected chi connectivity index (χ0v) is 11.3. The molecule has 2 atom stereocenters. The maximum absolute atomic E-state index is 11.8. The minimum Gasteiger partial charge on any atom is -0.479 e. The topological polar surface area (TPSA) is 113 Å². The van der Waals surface area contributed by atoms with Crippen molar-refractivity contribution in [1.82, 2.24) is 5.32 Å². The zero-order chi connectivity index (χ0) is 14.3. The van der Waals surface area contributed by atoms with Crippen molar-refractivity contribution < 1.29 is 19.8 Å². The molecular weight excluding hydrogens is 236 g/mol. The molecule has 18 heavy (non-hydrogen) atoms. The first-order valence-electron chi connectivity index (χ1n) is 6.06. The SMILES string of the molecule is CC(C)(C)CC(CN)C(=O)NCCC(O)C(=O)O. The molecule has 0 rings (SSSR count). The molecule has 0 aromatic rings. The maximum atomic E-state index is 11.8. The van der Waals surface area contributed by atoms with Gasteiger partial charge in [-0.15, -0.1) is 0 Å². The van der Waals surface area contributed by atoms with Crippen LogP contribution in [0.3, 0.4) is 0 Å². The Morgan fingerprint density at radius 2 is 1.89 bits per heavy atom. The van der Waals surface area contributed by atoms with E-state index in [1.54, 1.807) is 0 Å². The number of aliphatic carboxylic acids is 1. The summed E-state index contributed by atoms with van der Waals surface area (Å²) in [6.07, 6.45) is -0.783. The Morgan fingerprint density at radius 1 is 1.33 bits per heavy atom. The molecule has 0 spiro atoms. The minimum absolute atomic E-state index is 0.00194. The summed E-state index contributed by atoms with van der Waals surface area (Å²) in [6, 6.07) is 0. The largest absolute Gasteiger partial charge is 0.479 e. The van der Waals surface area contributed by atoms with Crippen LogP contribution < -0.4 is 11.1 Å². The van der Waals surface area contributed by atoms with Gasteiger partial charge in [-0.1, -0.05) is 20.8 Å². The molecule has 6 heteroatoms. The second-order valence-corrected chi connectivity index (χ2v) is 5.63. The number of carboxylic acid groups (broad SMARTS) is 1. The standard InChI is InChI=1S/C12H24N2O4/c1-12(2,3)6-8(7-13)10(16)14-5-4-9(15)11(17)18/h8-9,15H,4-7,13H2,1-3H3,(H,14,16)(H,17,18). The molecule has 0 aromatic heterocycles. The smallest absolute Gasteiger partial charge is 0.332 e. The number of hydrogen-bond acceptors (Lipinski definition) is 4. The van der Waals surface area contributed by atoms with Crippen molar-refractivity contribution in [3.63, 3.8) is 0 Å². The molecule has 2 unspecified atom stereocenters. The Balaban J connectivity index is 4.10. The lowest BCUT2D eigenvalue weighted by molar-refractivity contribution is -0.147. The Kier molecular flexibility index (Phi) is 6.86. The predicted molar refractivity (Wildman–Crippen MR) is 67.9 cm³/mol. The number of aliphatic hydroxyl groups excluding tert-OH is 1. The average molecular weight is 260 g/mol. The van der Waals surface area contributed by atoms with E-state index in [4.69, 9.17) is 15.9 Å². The Morgan fingerprint density at radius 3 is 2.28 bits per heavy atom. The Bertz CT molecular complexity index is 286. The van der Waals surface area contributed by atoms with Gasteiger partial charge >= 0.3 is 5.97 Å². The summed E-state index contributed by atoms with van der Waals surface area (Å²) < 4.78 is 0. The van der Waals surface area contributed by atoms with Crippen molar-refractivity contribution in [2.24, 2.45) is 17.1 Å².